The third-order valence-electron chi connectivity index (χ3n) is 10.1. The van der Waals surface area contributed by atoms with Gasteiger partial charge in [-0.15, -0.1) is 0 Å². The quantitative estimate of drug-likeness (QED) is 0.167. The summed E-state index contributed by atoms with van der Waals surface area (Å²) < 4.78 is 6.73. The lowest BCUT2D eigenvalue weighted by Crippen LogP contribution is -2.09. The van der Waals surface area contributed by atoms with Crippen LogP contribution in [0.2, 0.25) is 0 Å². The molecule has 10 aromatic rings. The fourth-order valence-corrected chi connectivity index (χ4v) is 7.55. The molecule has 0 aliphatic rings. The number of benzene rings is 8. The number of nitrogens with zero attached hydrogens (tertiary/aromatic N) is 3. The van der Waals surface area contributed by atoms with Crippen LogP contribution in [-0.4, -0.2) is 9.97 Å². The summed E-state index contributed by atoms with van der Waals surface area (Å²) >= 11 is 0. The number of furan rings is 1. The summed E-state index contributed by atoms with van der Waals surface area (Å²) in [5.74, 6) is 0.673. The molecule has 2 aromatic heterocycles. The van der Waals surface area contributed by atoms with Crippen molar-refractivity contribution in [3.8, 4) is 45.0 Å². The van der Waals surface area contributed by atoms with E-state index in [1.165, 1.54) is 0 Å². The van der Waals surface area contributed by atoms with Crippen LogP contribution in [0.4, 0.5) is 17.1 Å². The van der Waals surface area contributed by atoms with Crippen molar-refractivity contribution in [2.45, 2.75) is 0 Å². The van der Waals surface area contributed by atoms with E-state index >= 15 is 0 Å². The second-order valence-electron chi connectivity index (χ2n) is 13.4. The molecule has 2 heterocycles. The Morgan fingerprint density at radius 3 is 1.48 bits per heavy atom. The van der Waals surface area contributed by atoms with Crippen molar-refractivity contribution in [1.29, 1.82) is 0 Å². The van der Waals surface area contributed by atoms with Gasteiger partial charge in [0.1, 0.15) is 11.2 Å². The highest BCUT2D eigenvalue weighted by atomic mass is 16.3. The second-order valence-corrected chi connectivity index (χ2v) is 13.4. The van der Waals surface area contributed by atoms with E-state index in [0.29, 0.717) is 5.82 Å². The highest BCUT2D eigenvalue weighted by molar-refractivity contribution is 6.22. The predicted octanol–water partition coefficient (Wildman–Crippen LogP) is 13.7. The first-order chi connectivity index (χ1) is 26.8. The first kappa shape index (κ1) is 31.4. The maximum Gasteiger partial charge on any atom is 0.161 e. The van der Waals surface area contributed by atoms with Crippen LogP contribution in [0.25, 0.3) is 77.7 Å². The van der Waals surface area contributed by atoms with Crippen LogP contribution < -0.4 is 4.90 Å². The van der Waals surface area contributed by atoms with E-state index < -0.39 is 0 Å². The fraction of sp³-hybridized carbons (Fsp3) is 0. The van der Waals surface area contributed by atoms with E-state index in [-0.39, 0.29) is 0 Å². The Labute approximate surface area is 313 Å². The molecule has 0 bridgehead atoms. The zero-order valence-corrected chi connectivity index (χ0v) is 29.3. The number of hydrogen-bond donors (Lipinski definition) is 0. The smallest absolute Gasteiger partial charge is 0.161 e. The Morgan fingerprint density at radius 2 is 0.889 bits per heavy atom. The molecule has 0 aliphatic carbocycles. The molecule has 10 rings (SSSR count). The Kier molecular flexibility index (Phi) is 7.77. The third kappa shape index (κ3) is 5.58. The minimum Gasteiger partial charge on any atom is -0.455 e. The fourth-order valence-electron chi connectivity index (χ4n) is 7.55. The topological polar surface area (TPSA) is 42.2 Å². The molecule has 254 valence electrons. The Morgan fingerprint density at radius 1 is 0.370 bits per heavy atom. The van der Waals surface area contributed by atoms with Gasteiger partial charge >= 0.3 is 0 Å². The molecule has 0 atom stereocenters. The molecule has 0 unspecified atom stereocenters. The van der Waals surface area contributed by atoms with Gasteiger partial charge < -0.3 is 9.32 Å². The summed E-state index contributed by atoms with van der Waals surface area (Å²) in [7, 11) is 0. The number of para-hydroxylation sites is 2. The molecule has 4 heteroatoms. The largest absolute Gasteiger partial charge is 0.455 e. The number of rotatable bonds is 7. The van der Waals surface area contributed by atoms with Crippen LogP contribution >= 0.6 is 0 Å². The van der Waals surface area contributed by atoms with Crippen LogP contribution in [0.1, 0.15) is 0 Å². The average molecular weight is 692 g/mol. The van der Waals surface area contributed by atoms with Gasteiger partial charge in [0, 0.05) is 49.9 Å². The predicted molar refractivity (Wildman–Crippen MR) is 223 cm³/mol. The minimum absolute atomic E-state index is 0.673. The van der Waals surface area contributed by atoms with Crippen LogP contribution in [-0.2, 0) is 0 Å². The normalized spacial score (nSPS) is 11.3. The van der Waals surface area contributed by atoms with Crippen LogP contribution in [0.3, 0.4) is 0 Å². The highest BCUT2D eigenvalue weighted by Gasteiger charge is 2.20. The van der Waals surface area contributed by atoms with Gasteiger partial charge in [0.05, 0.1) is 11.4 Å². The molecule has 0 aliphatic heterocycles. The number of aromatic nitrogens is 2. The van der Waals surface area contributed by atoms with Crippen molar-refractivity contribution >= 4 is 49.8 Å². The van der Waals surface area contributed by atoms with Crippen LogP contribution in [0, 0.1) is 0 Å². The average Bonchev–Trinajstić information content (AvgIpc) is 3.64. The van der Waals surface area contributed by atoms with E-state index in [0.717, 1.165) is 89.0 Å². The van der Waals surface area contributed by atoms with Crippen molar-refractivity contribution in [2.24, 2.45) is 0 Å². The molecule has 0 fully saturated rings. The lowest BCUT2D eigenvalue weighted by Gasteiger charge is -2.25. The third-order valence-corrected chi connectivity index (χ3v) is 10.1. The zero-order chi connectivity index (χ0) is 35.8. The van der Waals surface area contributed by atoms with E-state index in [1.54, 1.807) is 0 Å². The maximum atomic E-state index is 6.73. The second kappa shape index (κ2) is 13.4. The van der Waals surface area contributed by atoms with Crippen molar-refractivity contribution in [1.82, 2.24) is 9.97 Å². The molecule has 0 radical (unpaired) electrons. The van der Waals surface area contributed by atoms with Gasteiger partial charge in [0.25, 0.3) is 0 Å². The standard InChI is InChI=1S/C50H33N3O/c1-5-16-35(17-6-1)45-33-46(36-18-7-2-8-19-36)52-50(51-45)43-32-44-48-40(26-15-27-47(48)54-49(44)42-25-14-13-24-41(42)43)34-28-30-39(31-29-34)53(37-20-9-3-10-21-37)38-22-11-4-12-23-38/h1-33H. The summed E-state index contributed by atoms with van der Waals surface area (Å²) in [6.07, 6.45) is 0. The number of anilines is 3. The lowest BCUT2D eigenvalue weighted by atomic mass is 9.95. The van der Waals surface area contributed by atoms with E-state index in [2.05, 4.69) is 169 Å². The molecule has 8 aromatic carbocycles. The number of fused-ring (bicyclic) bond motifs is 5. The molecular weight excluding hydrogens is 659 g/mol. The van der Waals surface area contributed by atoms with Gasteiger partial charge in [0.2, 0.25) is 0 Å². The van der Waals surface area contributed by atoms with E-state index in [4.69, 9.17) is 14.4 Å². The molecule has 0 N–H and O–H groups in total. The first-order valence-electron chi connectivity index (χ1n) is 18.2. The number of hydrogen-bond acceptors (Lipinski definition) is 4. The minimum atomic E-state index is 0.673. The monoisotopic (exact) mass is 691 g/mol. The van der Waals surface area contributed by atoms with E-state index in [9.17, 15) is 0 Å². The molecule has 54 heavy (non-hydrogen) atoms. The van der Waals surface area contributed by atoms with Gasteiger partial charge in [-0.1, -0.05) is 146 Å². The van der Waals surface area contributed by atoms with Crippen LogP contribution in [0.15, 0.2) is 205 Å². The maximum absolute atomic E-state index is 6.73. The van der Waals surface area contributed by atoms with Crippen molar-refractivity contribution in [2.75, 3.05) is 4.90 Å². The van der Waals surface area contributed by atoms with Crippen molar-refractivity contribution < 1.29 is 4.42 Å². The molecular formula is C50H33N3O. The zero-order valence-electron chi connectivity index (χ0n) is 29.3. The lowest BCUT2D eigenvalue weighted by molar-refractivity contribution is 0.673. The van der Waals surface area contributed by atoms with Crippen molar-refractivity contribution in [3.05, 3.63) is 200 Å². The summed E-state index contributed by atoms with van der Waals surface area (Å²) in [5.41, 5.74) is 12.0. The van der Waals surface area contributed by atoms with Crippen molar-refractivity contribution in [3.63, 3.8) is 0 Å². The molecule has 0 spiro atoms. The highest BCUT2D eigenvalue weighted by Crippen LogP contribution is 2.44. The summed E-state index contributed by atoms with van der Waals surface area (Å²) in [4.78, 5) is 12.7. The Balaban J connectivity index is 1.16. The van der Waals surface area contributed by atoms with Gasteiger partial charge in [-0.05, 0) is 71.1 Å². The summed E-state index contributed by atoms with van der Waals surface area (Å²) in [6, 6.07) is 69.5. The molecule has 0 amide bonds. The van der Waals surface area contributed by atoms with Gasteiger partial charge in [0.15, 0.2) is 5.82 Å². The van der Waals surface area contributed by atoms with Gasteiger partial charge in [-0.25, -0.2) is 9.97 Å². The molecule has 0 saturated heterocycles. The van der Waals surface area contributed by atoms with E-state index in [1.807, 2.05) is 36.4 Å². The Bertz CT molecular complexity index is 2810. The summed E-state index contributed by atoms with van der Waals surface area (Å²) in [5, 5.41) is 4.17. The van der Waals surface area contributed by atoms with Gasteiger partial charge in [-0.2, -0.15) is 0 Å². The molecule has 0 saturated carbocycles. The Hall–Kier alpha value is -7.30. The SMILES string of the molecule is c1ccc(-c2cc(-c3ccccc3)nc(-c3cc4c(oc5cccc(-c6ccc(N(c7ccccc7)c7ccccc7)cc6)c54)c4ccccc34)n2)cc1. The summed E-state index contributed by atoms with van der Waals surface area (Å²) in [6.45, 7) is 0. The van der Waals surface area contributed by atoms with Gasteiger partial charge in [-0.3, -0.25) is 0 Å². The molecule has 4 nitrogen and oxygen atoms in total. The first-order valence-corrected chi connectivity index (χ1v) is 18.2. The van der Waals surface area contributed by atoms with Crippen LogP contribution in [0.5, 0.6) is 0 Å².